The fourth-order valence-electron chi connectivity index (χ4n) is 2.26. The predicted octanol–water partition coefficient (Wildman–Crippen LogP) is -1.08. The topological polar surface area (TPSA) is 67.6 Å². The first-order valence-electron chi connectivity index (χ1n) is 5.62. The molecule has 2 rings (SSSR count). The van der Waals surface area contributed by atoms with Crippen molar-refractivity contribution < 1.29 is 9.53 Å². The van der Waals surface area contributed by atoms with E-state index in [0.717, 1.165) is 19.6 Å². The number of hydrogen-bond acceptors (Lipinski definition) is 4. The molecule has 0 aromatic heterocycles. The van der Waals surface area contributed by atoms with Gasteiger partial charge in [0.05, 0.1) is 6.61 Å². The smallest absolute Gasteiger partial charge is 0.247 e. The van der Waals surface area contributed by atoms with Gasteiger partial charge in [0.25, 0.3) is 0 Å². The number of nitrogens with two attached hydrogens (primary N) is 1. The number of primary amides is 1. The molecule has 2 saturated heterocycles. The Morgan fingerprint density at radius 3 is 3.13 bits per heavy atom. The highest BCUT2D eigenvalue weighted by Crippen LogP contribution is 2.10. The molecule has 2 heterocycles. The zero-order valence-electron chi connectivity index (χ0n) is 8.95. The molecule has 0 aliphatic carbocycles. The average Bonchev–Trinajstić information content (AvgIpc) is 2.71. The van der Waals surface area contributed by atoms with Gasteiger partial charge in [-0.15, -0.1) is 0 Å². The van der Waals surface area contributed by atoms with Crippen LogP contribution in [0.2, 0.25) is 0 Å². The van der Waals surface area contributed by atoms with Crippen molar-refractivity contribution in [1.29, 1.82) is 0 Å². The van der Waals surface area contributed by atoms with E-state index in [2.05, 4.69) is 10.2 Å². The fourth-order valence-corrected chi connectivity index (χ4v) is 2.26. The summed E-state index contributed by atoms with van der Waals surface area (Å²) in [7, 11) is 0. The molecular formula is C10H19N3O2. The molecule has 1 amide bonds. The minimum absolute atomic E-state index is 0.348. The van der Waals surface area contributed by atoms with Crippen molar-refractivity contribution in [3.8, 4) is 0 Å². The third-order valence-corrected chi connectivity index (χ3v) is 3.11. The van der Waals surface area contributed by atoms with E-state index < -0.39 is 6.10 Å². The lowest BCUT2D eigenvalue weighted by Gasteiger charge is -2.32. The molecule has 2 aliphatic heterocycles. The quantitative estimate of drug-likeness (QED) is 0.626. The largest absolute Gasteiger partial charge is 0.367 e. The molecule has 2 atom stereocenters. The minimum atomic E-state index is -0.417. The van der Waals surface area contributed by atoms with E-state index in [9.17, 15) is 4.79 Å². The van der Waals surface area contributed by atoms with Gasteiger partial charge in [-0.05, 0) is 19.4 Å². The van der Waals surface area contributed by atoms with Gasteiger partial charge < -0.3 is 15.8 Å². The number of nitrogens with zero attached hydrogens (tertiary/aromatic N) is 1. The van der Waals surface area contributed by atoms with Crippen LogP contribution in [-0.4, -0.2) is 55.7 Å². The van der Waals surface area contributed by atoms with E-state index in [0.29, 0.717) is 19.2 Å². The van der Waals surface area contributed by atoms with Crippen LogP contribution < -0.4 is 11.1 Å². The number of ether oxygens (including phenoxy) is 1. The standard InChI is InChI=1S/C10H19N3O2/c11-10(14)9-7-13(4-5-15-9)6-8-2-1-3-12-8/h8-9,12H,1-7H2,(H2,11,14)/t8-,9?/m1/s1. The summed E-state index contributed by atoms with van der Waals surface area (Å²) in [6.45, 7) is 4.29. The second kappa shape index (κ2) is 4.92. The lowest BCUT2D eigenvalue weighted by Crippen LogP contribution is -2.51. The summed E-state index contributed by atoms with van der Waals surface area (Å²) in [4.78, 5) is 13.3. The number of nitrogens with one attached hydrogen (secondary N) is 1. The zero-order chi connectivity index (χ0) is 10.7. The van der Waals surface area contributed by atoms with Gasteiger partial charge in [0.15, 0.2) is 0 Å². The molecule has 0 bridgehead atoms. The molecule has 5 nitrogen and oxygen atoms in total. The van der Waals surface area contributed by atoms with Crippen molar-refractivity contribution in [1.82, 2.24) is 10.2 Å². The van der Waals surface area contributed by atoms with Crippen LogP contribution in [-0.2, 0) is 9.53 Å². The van der Waals surface area contributed by atoms with Gasteiger partial charge in [0.1, 0.15) is 6.10 Å². The minimum Gasteiger partial charge on any atom is -0.367 e. The highest BCUT2D eigenvalue weighted by molar-refractivity contribution is 5.79. The van der Waals surface area contributed by atoms with Crippen LogP contribution in [0.1, 0.15) is 12.8 Å². The van der Waals surface area contributed by atoms with Gasteiger partial charge in [-0.1, -0.05) is 0 Å². The van der Waals surface area contributed by atoms with Crippen LogP contribution in [0.25, 0.3) is 0 Å². The Morgan fingerprint density at radius 1 is 1.60 bits per heavy atom. The molecule has 1 unspecified atom stereocenters. The number of morpholine rings is 1. The molecule has 2 aliphatic rings. The molecule has 0 aromatic rings. The summed E-state index contributed by atoms with van der Waals surface area (Å²) >= 11 is 0. The van der Waals surface area contributed by atoms with Crippen LogP contribution in [0.4, 0.5) is 0 Å². The zero-order valence-corrected chi connectivity index (χ0v) is 8.95. The Hall–Kier alpha value is -0.650. The number of rotatable bonds is 3. The van der Waals surface area contributed by atoms with E-state index in [4.69, 9.17) is 10.5 Å². The maximum absolute atomic E-state index is 11.0. The molecule has 86 valence electrons. The summed E-state index contributed by atoms with van der Waals surface area (Å²) in [5.74, 6) is -0.348. The van der Waals surface area contributed by atoms with Gasteiger partial charge >= 0.3 is 0 Å². The monoisotopic (exact) mass is 213 g/mol. The third-order valence-electron chi connectivity index (χ3n) is 3.11. The van der Waals surface area contributed by atoms with E-state index >= 15 is 0 Å². The first-order chi connectivity index (χ1) is 7.25. The first-order valence-corrected chi connectivity index (χ1v) is 5.62. The van der Waals surface area contributed by atoms with Crippen molar-refractivity contribution in [3.05, 3.63) is 0 Å². The van der Waals surface area contributed by atoms with Crippen molar-refractivity contribution in [2.75, 3.05) is 32.8 Å². The maximum Gasteiger partial charge on any atom is 0.247 e. The Labute approximate surface area is 89.9 Å². The first kappa shape index (κ1) is 10.9. The van der Waals surface area contributed by atoms with Crippen LogP contribution in [0, 0.1) is 0 Å². The van der Waals surface area contributed by atoms with Crippen molar-refractivity contribution in [3.63, 3.8) is 0 Å². The van der Waals surface area contributed by atoms with Crippen molar-refractivity contribution in [2.45, 2.75) is 25.0 Å². The lowest BCUT2D eigenvalue weighted by atomic mass is 10.2. The number of carbonyl (C=O) groups is 1. The molecule has 3 N–H and O–H groups in total. The van der Waals surface area contributed by atoms with Crippen LogP contribution in [0.5, 0.6) is 0 Å². The fraction of sp³-hybridized carbons (Fsp3) is 0.900. The maximum atomic E-state index is 11.0. The molecule has 0 saturated carbocycles. The molecule has 2 fully saturated rings. The third kappa shape index (κ3) is 2.90. The summed E-state index contributed by atoms with van der Waals surface area (Å²) in [5, 5.41) is 3.45. The van der Waals surface area contributed by atoms with Crippen molar-refractivity contribution in [2.24, 2.45) is 5.73 Å². The Kier molecular flexibility index (Phi) is 3.56. The molecule has 5 heteroatoms. The summed E-state index contributed by atoms with van der Waals surface area (Å²) < 4.78 is 5.30. The summed E-state index contributed by atoms with van der Waals surface area (Å²) in [5.41, 5.74) is 5.23. The highest BCUT2D eigenvalue weighted by atomic mass is 16.5. The molecule has 15 heavy (non-hydrogen) atoms. The number of amides is 1. The summed E-state index contributed by atoms with van der Waals surface area (Å²) in [6.07, 6.45) is 2.08. The lowest BCUT2D eigenvalue weighted by molar-refractivity contribution is -0.135. The summed E-state index contributed by atoms with van der Waals surface area (Å²) in [6, 6.07) is 0.580. The van der Waals surface area contributed by atoms with Gasteiger partial charge in [0.2, 0.25) is 5.91 Å². The molecule has 0 spiro atoms. The van der Waals surface area contributed by atoms with E-state index in [1.807, 2.05) is 0 Å². The van der Waals surface area contributed by atoms with Gasteiger partial charge in [-0.2, -0.15) is 0 Å². The van der Waals surface area contributed by atoms with Crippen LogP contribution in [0.3, 0.4) is 0 Å². The van der Waals surface area contributed by atoms with Gasteiger partial charge in [0, 0.05) is 25.7 Å². The second-order valence-electron chi connectivity index (χ2n) is 4.31. The number of hydrogen-bond donors (Lipinski definition) is 2. The average molecular weight is 213 g/mol. The predicted molar refractivity (Wildman–Crippen MR) is 56.4 cm³/mol. The SMILES string of the molecule is NC(=O)C1CN(C[C@H]2CCCN2)CCO1. The Bertz CT molecular complexity index is 229. The van der Waals surface area contributed by atoms with Gasteiger partial charge in [-0.25, -0.2) is 0 Å². The molecule has 0 aromatic carbocycles. The Morgan fingerprint density at radius 2 is 2.47 bits per heavy atom. The van der Waals surface area contributed by atoms with Crippen molar-refractivity contribution >= 4 is 5.91 Å². The number of carbonyl (C=O) groups excluding carboxylic acids is 1. The van der Waals surface area contributed by atoms with Crippen LogP contribution in [0.15, 0.2) is 0 Å². The molecular weight excluding hydrogens is 194 g/mol. The normalized spacial score (nSPS) is 33.1. The van der Waals surface area contributed by atoms with E-state index in [1.165, 1.54) is 12.8 Å². The second-order valence-corrected chi connectivity index (χ2v) is 4.31. The van der Waals surface area contributed by atoms with E-state index in [-0.39, 0.29) is 5.91 Å². The van der Waals surface area contributed by atoms with Gasteiger partial charge in [-0.3, -0.25) is 9.69 Å². The Balaban J connectivity index is 1.79. The molecule has 0 radical (unpaired) electrons. The van der Waals surface area contributed by atoms with E-state index in [1.54, 1.807) is 0 Å². The highest BCUT2D eigenvalue weighted by Gasteiger charge is 2.26. The van der Waals surface area contributed by atoms with Crippen LogP contribution >= 0.6 is 0 Å².